The van der Waals surface area contributed by atoms with Gasteiger partial charge in [0.25, 0.3) is 15.9 Å². The van der Waals surface area contributed by atoms with Crippen molar-refractivity contribution in [1.82, 2.24) is 18.8 Å². The monoisotopic (exact) mass is 512 g/mol. The highest BCUT2D eigenvalue weighted by Crippen LogP contribution is 2.33. The van der Waals surface area contributed by atoms with Gasteiger partial charge in [0.2, 0.25) is 0 Å². The van der Waals surface area contributed by atoms with Crippen LogP contribution in [0.4, 0.5) is 0 Å². The third-order valence-electron chi connectivity index (χ3n) is 5.19. The standard InChI is InChI=1S/C23H21BrN4O3S/c1-14-5-8-17(9-6-14)32(30,31)28-13-19(21-22(28)25-12-20(24)26-21)16-7-10-18(15(2)11-16)23(29)27(3)4/h5-13H,1-4H3. The van der Waals surface area contributed by atoms with Crippen molar-refractivity contribution in [3.8, 4) is 11.1 Å². The van der Waals surface area contributed by atoms with Gasteiger partial charge in [-0.05, 0) is 59.1 Å². The molecule has 2 aromatic heterocycles. The number of nitrogens with zero attached hydrogens (tertiary/aromatic N) is 4. The number of fused-ring (bicyclic) bond motifs is 1. The topological polar surface area (TPSA) is 85.2 Å². The lowest BCUT2D eigenvalue weighted by Crippen LogP contribution is -2.22. The van der Waals surface area contributed by atoms with Gasteiger partial charge in [-0.15, -0.1) is 0 Å². The van der Waals surface area contributed by atoms with Crippen LogP contribution in [0, 0.1) is 13.8 Å². The molecule has 4 rings (SSSR count). The third-order valence-corrected chi connectivity index (χ3v) is 7.23. The van der Waals surface area contributed by atoms with Gasteiger partial charge in [0.1, 0.15) is 10.1 Å². The van der Waals surface area contributed by atoms with Crippen molar-refractivity contribution in [2.75, 3.05) is 14.1 Å². The summed E-state index contributed by atoms with van der Waals surface area (Å²) in [4.78, 5) is 22.9. The van der Waals surface area contributed by atoms with Crippen LogP contribution in [0.5, 0.6) is 0 Å². The number of aryl methyl sites for hydroxylation is 2. The van der Waals surface area contributed by atoms with Gasteiger partial charge in [-0.1, -0.05) is 29.8 Å². The number of carbonyl (C=O) groups is 1. The minimum absolute atomic E-state index is 0.0963. The summed E-state index contributed by atoms with van der Waals surface area (Å²) >= 11 is 3.33. The average Bonchev–Trinajstić information content (AvgIpc) is 3.13. The smallest absolute Gasteiger partial charge is 0.269 e. The van der Waals surface area contributed by atoms with Crippen molar-refractivity contribution in [3.63, 3.8) is 0 Å². The zero-order chi connectivity index (χ0) is 23.2. The van der Waals surface area contributed by atoms with Gasteiger partial charge >= 0.3 is 0 Å². The number of amides is 1. The zero-order valence-electron chi connectivity index (χ0n) is 18.0. The lowest BCUT2D eigenvalue weighted by atomic mass is 10.0. The molecule has 0 N–H and O–H groups in total. The molecule has 0 atom stereocenters. The highest BCUT2D eigenvalue weighted by molar-refractivity contribution is 9.10. The molecule has 0 aliphatic rings. The Labute approximate surface area is 194 Å². The molecule has 164 valence electrons. The van der Waals surface area contributed by atoms with Gasteiger partial charge in [-0.2, -0.15) is 0 Å². The van der Waals surface area contributed by atoms with E-state index < -0.39 is 10.0 Å². The Hall–Kier alpha value is -3.04. The maximum atomic E-state index is 13.4. The summed E-state index contributed by atoms with van der Waals surface area (Å²) in [6.07, 6.45) is 3.01. The molecule has 0 saturated heterocycles. The van der Waals surface area contributed by atoms with Crippen LogP contribution in [-0.4, -0.2) is 47.3 Å². The first-order chi connectivity index (χ1) is 15.1. The SMILES string of the molecule is Cc1ccc(S(=O)(=O)n2cc(-c3ccc(C(=O)N(C)C)c(C)c3)c3nc(Br)cnc32)cc1. The predicted molar refractivity (Wildman–Crippen MR) is 127 cm³/mol. The summed E-state index contributed by atoms with van der Waals surface area (Å²) < 4.78 is 28.5. The van der Waals surface area contributed by atoms with E-state index in [1.165, 1.54) is 17.3 Å². The Morgan fingerprint density at radius 3 is 2.38 bits per heavy atom. The summed E-state index contributed by atoms with van der Waals surface area (Å²) in [7, 11) is -0.486. The molecular weight excluding hydrogens is 492 g/mol. The Morgan fingerprint density at radius 1 is 1.06 bits per heavy atom. The molecule has 0 radical (unpaired) electrons. The van der Waals surface area contributed by atoms with Crippen molar-refractivity contribution in [2.45, 2.75) is 18.7 Å². The molecule has 2 heterocycles. The summed E-state index contributed by atoms with van der Waals surface area (Å²) in [6, 6.07) is 12.1. The second kappa shape index (κ2) is 8.14. The first kappa shape index (κ1) is 22.2. The first-order valence-electron chi connectivity index (χ1n) is 9.78. The molecule has 0 fully saturated rings. The Kier molecular flexibility index (Phi) is 5.64. The fourth-order valence-electron chi connectivity index (χ4n) is 3.47. The molecule has 7 nitrogen and oxygen atoms in total. The molecular formula is C23H21BrN4O3S. The summed E-state index contributed by atoms with van der Waals surface area (Å²) in [5.41, 5.74) is 4.36. The van der Waals surface area contributed by atoms with Gasteiger partial charge in [0, 0.05) is 31.4 Å². The van der Waals surface area contributed by atoms with Crippen LogP contribution in [-0.2, 0) is 10.0 Å². The van der Waals surface area contributed by atoms with Gasteiger partial charge in [-0.25, -0.2) is 22.4 Å². The number of benzene rings is 2. The number of hydrogen-bond acceptors (Lipinski definition) is 5. The van der Waals surface area contributed by atoms with Crippen LogP contribution in [0.1, 0.15) is 21.5 Å². The molecule has 0 aliphatic heterocycles. The molecule has 4 aromatic rings. The first-order valence-corrected chi connectivity index (χ1v) is 12.0. The van der Waals surface area contributed by atoms with Crippen molar-refractivity contribution >= 4 is 43.0 Å². The molecule has 0 saturated carbocycles. The zero-order valence-corrected chi connectivity index (χ0v) is 20.4. The number of halogens is 1. The highest BCUT2D eigenvalue weighted by Gasteiger charge is 2.24. The van der Waals surface area contributed by atoms with Crippen LogP contribution < -0.4 is 0 Å². The fourth-order valence-corrected chi connectivity index (χ4v) is 5.07. The molecule has 1 amide bonds. The lowest BCUT2D eigenvalue weighted by molar-refractivity contribution is 0.0827. The van der Waals surface area contributed by atoms with Crippen LogP contribution in [0.3, 0.4) is 0 Å². The van der Waals surface area contributed by atoms with E-state index in [0.717, 1.165) is 20.7 Å². The van der Waals surface area contributed by atoms with Crippen molar-refractivity contribution in [2.24, 2.45) is 0 Å². The predicted octanol–water partition coefficient (Wildman–Crippen LogP) is 4.42. The molecule has 0 bridgehead atoms. The van der Waals surface area contributed by atoms with E-state index in [0.29, 0.717) is 21.2 Å². The van der Waals surface area contributed by atoms with Crippen LogP contribution in [0.25, 0.3) is 22.3 Å². The average molecular weight is 513 g/mol. The van der Waals surface area contributed by atoms with Gasteiger partial charge in [0.15, 0.2) is 5.65 Å². The lowest BCUT2D eigenvalue weighted by Gasteiger charge is -2.13. The molecule has 32 heavy (non-hydrogen) atoms. The summed E-state index contributed by atoms with van der Waals surface area (Å²) in [6.45, 7) is 3.75. The van der Waals surface area contributed by atoms with E-state index >= 15 is 0 Å². The van der Waals surface area contributed by atoms with Crippen LogP contribution in [0.15, 0.2) is 64.4 Å². The van der Waals surface area contributed by atoms with E-state index in [9.17, 15) is 13.2 Å². The number of carbonyl (C=O) groups excluding carboxylic acids is 1. The molecule has 0 aliphatic carbocycles. The maximum absolute atomic E-state index is 13.4. The number of rotatable bonds is 4. The van der Waals surface area contributed by atoms with E-state index in [1.807, 2.05) is 19.9 Å². The fraction of sp³-hybridized carbons (Fsp3) is 0.174. The third kappa shape index (κ3) is 3.82. The van der Waals surface area contributed by atoms with Gasteiger partial charge in [0.05, 0.1) is 11.1 Å². The van der Waals surface area contributed by atoms with Crippen molar-refractivity contribution in [1.29, 1.82) is 0 Å². The van der Waals surface area contributed by atoms with E-state index in [4.69, 9.17) is 0 Å². The van der Waals surface area contributed by atoms with E-state index in [2.05, 4.69) is 25.9 Å². The molecule has 9 heteroatoms. The summed E-state index contributed by atoms with van der Waals surface area (Å²) in [5.74, 6) is -0.0963. The largest absolute Gasteiger partial charge is 0.345 e. The Morgan fingerprint density at radius 2 is 1.75 bits per heavy atom. The maximum Gasteiger partial charge on any atom is 0.269 e. The van der Waals surface area contributed by atoms with Gasteiger partial charge in [-0.3, -0.25) is 4.79 Å². The van der Waals surface area contributed by atoms with Crippen LogP contribution >= 0.6 is 15.9 Å². The molecule has 2 aromatic carbocycles. The van der Waals surface area contributed by atoms with Gasteiger partial charge < -0.3 is 4.90 Å². The van der Waals surface area contributed by atoms with E-state index in [1.54, 1.807) is 50.5 Å². The minimum Gasteiger partial charge on any atom is -0.345 e. The van der Waals surface area contributed by atoms with Crippen LogP contribution in [0.2, 0.25) is 0 Å². The van der Waals surface area contributed by atoms with Crippen molar-refractivity contribution < 1.29 is 13.2 Å². The minimum atomic E-state index is -3.89. The van der Waals surface area contributed by atoms with Crippen molar-refractivity contribution in [3.05, 3.63) is 76.2 Å². The quantitative estimate of drug-likeness (QED) is 0.404. The van der Waals surface area contributed by atoms with E-state index in [-0.39, 0.29) is 16.4 Å². The molecule has 0 spiro atoms. The second-order valence-corrected chi connectivity index (χ2v) is 10.4. The Balaban J connectivity index is 1.93. The molecule has 0 unspecified atom stereocenters. The number of aromatic nitrogens is 3. The highest BCUT2D eigenvalue weighted by atomic mass is 79.9. The number of hydrogen-bond donors (Lipinski definition) is 0. The second-order valence-electron chi connectivity index (χ2n) is 7.75. The Bertz CT molecular complexity index is 1460. The summed E-state index contributed by atoms with van der Waals surface area (Å²) in [5, 5.41) is 0. The normalized spacial score (nSPS) is 11.7.